The van der Waals surface area contributed by atoms with E-state index >= 15 is 0 Å². The van der Waals surface area contributed by atoms with Crippen molar-refractivity contribution in [3.8, 4) is 0 Å². The zero-order valence-corrected chi connectivity index (χ0v) is 7.07. The minimum atomic E-state index is -1.03. The molecule has 0 saturated carbocycles. The van der Waals surface area contributed by atoms with Crippen LogP contribution in [0.2, 0.25) is 0 Å². The van der Waals surface area contributed by atoms with Gasteiger partial charge in [0.05, 0.1) is 0 Å². The molecule has 0 radical (unpaired) electrons. The van der Waals surface area contributed by atoms with Gasteiger partial charge in [-0.2, -0.15) is 0 Å². The first-order valence-corrected chi connectivity index (χ1v) is 3.03. The first kappa shape index (κ1) is 12.4. The molecule has 0 fully saturated rings. The highest BCUT2D eigenvalue weighted by molar-refractivity contribution is 5.85. The van der Waals surface area contributed by atoms with Crippen LogP contribution in [0.5, 0.6) is 0 Å². The predicted molar refractivity (Wildman–Crippen MR) is 42.4 cm³/mol. The van der Waals surface area contributed by atoms with Gasteiger partial charge in [-0.25, -0.2) is 0 Å². The van der Waals surface area contributed by atoms with Crippen LogP contribution in [0.4, 0.5) is 0 Å². The molecule has 3 N–H and O–H groups in total. The number of aliphatic carboxylic acids is 1. The lowest BCUT2D eigenvalue weighted by atomic mass is 9.98. The van der Waals surface area contributed by atoms with Gasteiger partial charge in [-0.1, -0.05) is 13.3 Å². The number of carboxylic acids is 1. The van der Waals surface area contributed by atoms with Gasteiger partial charge in [0.1, 0.15) is 5.54 Å². The summed E-state index contributed by atoms with van der Waals surface area (Å²) in [6, 6.07) is 0. The zero-order chi connectivity index (χ0) is 7.49. The zero-order valence-electron chi connectivity index (χ0n) is 6.26. The van der Waals surface area contributed by atoms with Gasteiger partial charge in [0.15, 0.2) is 0 Å². The fourth-order valence-corrected chi connectivity index (χ4v) is 0.626. The SMILES string of the molecule is CCC[C@@](C)(N)C(=O)O.Cl. The van der Waals surface area contributed by atoms with Crippen LogP contribution in [0.15, 0.2) is 0 Å². The van der Waals surface area contributed by atoms with Crippen LogP contribution >= 0.6 is 12.4 Å². The maximum Gasteiger partial charge on any atom is 0.323 e. The van der Waals surface area contributed by atoms with E-state index in [2.05, 4.69) is 0 Å². The number of rotatable bonds is 3. The molecule has 10 heavy (non-hydrogen) atoms. The minimum Gasteiger partial charge on any atom is -0.480 e. The molecular weight excluding hydrogens is 154 g/mol. The van der Waals surface area contributed by atoms with E-state index in [4.69, 9.17) is 10.8 Å². The molecule has 0 unspecified atom stereocenters. The van der Waals surface area contributed by atoms with Crippen LogP contribution in [-0.4, -0.2) is 16.6 Å². The van der Waals surface area contributed by atoms with Crippen molar-refractivity contribution in [3.05, 3.63) is 0 Å². The Morgan fingerprint density at radius 2 is 2.10 bits per heavy atom. The average molecular weight is 168 g/mol. The molecule has 0 rings (SSSR count). The maximum atomic E-state index is 10.3. The van der Waals surface area contributed by atoms with E-state index in [1.165, 1.54) is 6.92 Å². The lowest BCUT2D eigenvalue weighted by Gasteiger charge is -2.16. The van der Waals surface area contributed by atoms with Crippen LogP contribution in [-0.2, 0) is 4.79 Å². The van der Waals surface area contributed by atoms with Crippen molar-refractivity contribution in [2.75, 3.05) is 0 Å². The predicted octanol–water partition coefficient (Wildman–Crippen LogP) is 1.01. The molecule has 62 valence electrons. The lowest BCUT2D eigenvalue weighted by molar-refractivity contribution is -0.142. The van der Waals surface area contributed by atoms with Gasteiger partial charge >= 0.3 is 5.97 Å². The summed E-state index contributed by atoms with van der Waals surface area (Å²) >= 11 is 0. The Bertz CT molecular complexity index is 114. The van der Waals surface area contributed by atoms with Crippen LogP contribution in [0, 0.1) is 0 Å². The van der Waals surface area contributed by atoms with E-state index in [-0.39, 0.29) is 12.4 Å². The summed E-state index contributed by atoms with van der Waals surface area (Å²) in [7, 11) is 0. The van der Waals surface area contributed by atoms with E-state index in [0.717, 1.165) is 6.42 Å². The lowest BCUT2D eigenvalue weighted by Crippen LogP contribution is -2.44. The number of halogens is 1. The molecule has 0 bridgehead atoms. The Kier molecular flexibility index (Phi) is 5.61. The van der Waals surface area contributed by atoms with Gasteiger partial charge in [0.25, 0.3) is 0 Å². The van der Waals surface area contributed by atoms with Crippen molar-refractivity contribution < 1.29 is 9.90 Å². The molecule has 0 aromatic carbocycles. The monoisotopic (exact) mass is 167 g/mol. The highest BCUT2D eigenvalue weighted by Crippen LogP contribution is 2.07. The van der Waals surface area contributed by atoms with Crippen LogP contribution in [0.25, 0.3) is 0 Å². The molecule has 1 atom stereocenters. The smallest absolute Gasteiger partial charge is 0.323 e. The van der Waals surface area contributed by atoms with Crippen molar-refractivity contribution in [2.45, 2.75) is 32.2 Å². The number of carbonyl (C=O) groups is 1. The second-order valence-electron chi connectivity index (χ2n) is 2.47. The molecule has 0 aliphatic carbocycles. The van der Waals surface area contributed by atoms with Crippen molar-refractivity contribution in [2.24, 2.45) is 5.73 Å². The van der Waals surface area contributed by atoms with Gasteiger partial charge in [-0.15, -0.1) is 12.4 Å². The number of nitrogens with two attached hydrogens (primary N) is 1. The maximum absolute atomic E-state index is 10.3. The largest absolute Gasteiger partial charge is 0.480 e. The Balaban J connectivity index is 0. The highest BCUT2D eigenvalue weighted by Gasteiger charge is 2.25. The van der Waals surface area contributed by atoms with Crippen molar-refractivity contribution in [3.63, 3.8) is 0 Å². The van der Waals surface area contributed by atoms with Crippen LogP contribution in [0.3, 0.4) is 0 Å². The summed E-state index contributed by atoms with van der Waals surface area (Å²) < 4.78 is 0. The summed E-state index contributed by atoms with van der Waals surface area (Å²) in [5.41, 5.74) is 4.34. The first-order chi connectivity index (χ1) is 4.00. The molecule has 0 aromatic rings. The van der Waals surface area contributed by atoms with Gasteiger partial charge in [0.2, 0.25) is 0 Å². The molecule has 0 spiro atoms. The molecule has 0 aliphatic rings. The van der Waals surface area contributed by atoms with Gasteiger partial charge in [0, 0.05) is 0 Å². The normalized spacial score (nSPS) is 15.1. The quantitative estimate of drug-likeness (QED) is 0.660. The highest BCUT2D eigenvalue weighted by atomic mass is 35.5. The Morgan fingerprint density at radius 1 is 1.70 bits per heavy atom. The summed E-state index contributed by atoms with van der Waals surface area (Å²) in [5, 5.41) is 8.45. The first-order valence-electron chi connectivity index (χ1n) is 3.03. The molecule has 0 aromatic heterocycles. The van der Waals surface area contributed by atoms with Gasteiger partial charge < -0.3 is 10.8 Å². The summed E-state index contributed by atoms with van der Waals surface area (Å²) in [6.07, 6.45) is 1.33. The van der Waals surface area contributed by atoms with E-state index in [1.807, 2.05) is 6.92 Å². The summed E-state index contributed by atoms with van der Waals surface area (Å²) in [5.74, 6) is -0.927. The molecule has 0 amide bonds. The van der Waals surface area contributed by atoms with E-state index in [0.29, 0.717) is 6.42 Å². The number of hydrogen-bond donors (Lipinski definition) is 2. The van der Waals surface area contributed by atoms with Crippen LogP contribution in [0.1, 0.15) is 26.7 Å². The summed E-state index contributed by atoms with van der Waals surface area (Å²) in [4.78, 5) is 10.3. The third-order valence-corrected chi connectivity index (χ3v) is 1.26. The Morgan fingerprint density at radius 3 is 2.20 bits per heavy atom. The van der Waals surface area contributed by atoms with Gasteiger partial charge in [-0.3, -0.25) is 4.79 Å². The fourth-order valence-electron chi connectivity index (χ4n) is 0.626. The van der Waals surface area contributed by atoms with E-state index in [9.17, 15) is 4.79 Å². The fraction of sp³-hybridized carbons (Fsp3) is 0.833. The summed E-state index contributed by atoms with van der Waals surface area (Å²) in [6.45, 7) is 3.44. The molecule has 3 nitrogen and oxygen atoms in total. The van der Waals surface area contributed by atoms with E-state index < -0.39 is 11.5 Å². The second-order valence-corrected chi connectivity index (χ2v) is 2.47. The molecule has 4 heteroatoms. The number of hydrogen-bond acceptors (Lipinski definition) is 2. The minimum absolute atomic E-state index is 0. The number of carboxylic acid groups (broad SMARTS) is 1. The molecule has 0 aliphatic heterocycles. The van der Waals surface area contributed by atoms with E-state index in [1.54, 1.807) is 0 Å². The third kappa shape index (κ3) is 3.69. The third-order valence-electron chi connectivity index (χ3n) is 1.26. The van der Waals surface area contributed by atoms with Crippen molar-refractivity contribution in [1.29, 1.82) is 0 Å². The second kappa shape index (κ2) is 4.52. The Hall–Kier alpha value is -0.280. The van der Waals surface area contributed by atoms with Crippen LogP contribution < -0.4 is 5.73 Å². The topological polar surface area (TPSA) is 63.3 Å². The standard InChI is InChI=1S/C6H13NO2.ClH/c1-3-4-6(2,7)5(8)9;/h3-4,7H2,1-2H3,(H,8,9);1H/t6-;/m1./s1. The van der Waals surface area contributed by atoms with Crippen molar-refractivity contribution >= 4 is 18.4 Å². The van der Waals surface area contributed by atoms with Crippen molar-refractivity contribution in [1.82, 2.24) is 0 Å². The molecular formula is C6H14ClNO2. The Labute approximate surface area is 67.0 Å². The average Bonchev–Trinajstić information content (AvgIpc) is 1.65. The molecule has 0 saturated heterocycles. The molecule has 0 heterocycles. The van der Waals surface area contributed by atoms with Gasteiger partial charge in [-0.05, 0) is 13.3 Å².